The number of halogens is 2. The average Bonchev–Trinajstić information content (AvgIpc) is 3.31. The molecule has 0 radical (unpaired) electrons. The number of hydrogen-bond acceptors (Lipinski definition) is 7. The maximum atomic E-state index is 13.9. The maximum Gasteiger partial charge on any atom is 0.338 e. The van der Waals surface area contributed by atoms with Gasteiger partial charge in [0.2, 0.25) is 0 Å². The van der Waals surface area contributed by atoms with Crippen LogP contribution in [0.5, 0.6) is 11.5 Å². The molecular weight excluding hydrogens is 611 g/mol. The summed E-state index contributed by atoms with van der Waals surface area (Å²) in [6.07, 6.45) is 2.26. The molecule has 2 heterocycles. The first-order chi connectivity index (χ1) is 19.8. The molecule has 1 aliphatic rings. The van der Waals surface area contributed by atoms with E-state index in [9.17, 15) is 14.0 Å². The lowest BCUT2D eigenvalue weighted by molar-refractivity contribution is -0.136. The number of benzene rings is 3. The first-order valence-electron chi connectivity index (χ1n) is 12.8. The third kappa shape index (κ3) is 5.75. The summed E-state index contributed by atoms with van der Waals surface area (Å²) in [5.74, 6) is 0.128. The summed E-state index contributed by atoms with van der Waals surface area (Å²) in [7, 11) is 2.86. The fourth-order valence-electron chi connectivity index (χ4n) is 4.63. The molecule has 0 aliphatic carbocycles. The topological polar surface area (TPSA) is 79.1 Å². The molecule has 10 heteroatoms. The zero-order chi connectivity index (χ0) is 29.1. The van der Waals surface area contributed by atoms with E-state index in [1.807, 2.05) is 37.3 Å². The molecule has 0 fully saturated rings. The Kier molecular flexibility index (Phi) is 8.51. The summed E-state index contributed by atoms with van der Waals surface area (Å²) >= 11 is 4.84. The molecule has 1 atom stereocenters. The second kappa shape index (κ2) is 12.2. The minimum Gasteiger partial charge on any atom is -0.493 e. The third-order valence-corrected chi connectivity index (χ3v) is 8.31. The van der Waals surface area contributed by atoms with Crippen LogP contribution in [0.4, 0.5) is 4.39 Å². The van der Waals surface area contributed by atoms with E-state index < -0.39 is 12.0 Å². The van der Waals surface area contributed by atoms with Crippen molar-refractivity contribution in [3.8, 4) is 11.5 Å². The highest BCUT2D eigenvalue weighted by molar-refractivity contribution is 9.10. The molecule has 210 valence electrons. The van der Waals surface area contributed by atoms with Crippen LogP contribution in [-0.4, -0.2) is 24.8 Å². The first-order valence-corrected chi connectivity index (χ1v) is 14.4. The van der Waals surface area contributed by atoms with E-state index in [2.05, 4.69) is 15.9 Å². The Morgan fingerprint density at radius 1 is 1.10 bits per heavy atom. The Balaban J connectivity index is 1.58. The number of methoxy groups -OCH3 is 2. The molecule has 0 saturated heterocycles. The quantitative estimate of drug-likeness (QED) is 0.246. The molecule has 4 aromatic rings. The van der Waals surface area contributed by atoms with E-state index in [0.717, 1.165) is 11.1 Å². The number of allylic oxidation sites excluding steroid dienone is 1. The van der Waals surface area contributed by atoms with Crippen LogP contribution < -0.4 is 24.4 Å². The van der Waals surface area contributed by atoms with E-state index in [1.54, 1.807) is 34.9 Å². The lowest BCUT2D eigenvalue weighted by Gasteiger charge is -2.25. The molecule has 0 spiro atoms. The Bertz CT molecular complexity index is 1810. The molecule has 3 aromatic carbocycles. The normalized spacial score (nSPS) is 14.9. The van der Waals surface area contributed by atoms with Crippen molar-refractivity contribution in [3.63, 3.8) is 0 Å². The first kappa shape index (κ1) is 28.5. The molecule has 0 N–H and O–H groups in total. The summed E-state index contributed by atoms with van der Waals surface area (Å²) in [6.45, 7) is 2.14. The second-order valence-corrected chi connectivity index (χ2v) is 11.0. The molecule has 0 amide bonds. The third-order valence-electron chi connectivity index (χ3n) is 6.64. The van der Waals surface area contributed by atoms with E-state index in [1.165, 1.54) is 37.7 Å². The standard InChI is InChI=1S/C31H26BrFN2O5S/c1-4-23-27(30(37)39-3)28(19-8-6-5-7-9-19)35-29(36)26(41-31(35)34-23)15-20-14-24(38-2)25(16-22(20)32)40-17-18-10-12-21(33)13-11-18/h5-16,28H,4,17H2,1-3H3/b26-15-/t28-/m0/s1. The molecule has 1 aromatic heterocycles. The van der Waals surface area contributed by atoms with Crippen LogP contribution in [0.25, 0.3) is 6.08 Å². The van der Waals surface area contributed by atoms with Gasteiger partial charge in [-0.3, -0.25) is 9.36 Å². The number of ether oxygens (including phenoxy) is 3. The number of aromatic nitrogens is 1. The highest BCUT2D eigenvalue weighted by Crippen LogP contribution is 2.35. The molecule has 0 saturated carbocycles. The van der Waals surface area contributed by atoms with Crippen molar-refractivity contribution in [1.29, 1.82) is 0 Å². The number of hydrogen-bond donors (Lipinski definition) is 0. The smallest absolute Gasteiger partial charge is 0.338 e. The van der Waals surface area contributed by atoms with Crippen molar-refractivity contribution < 1.29 is 23.4 Å². The minimum absolute atomic E-state index is 0.225. The largest absolute Gasteiger partial charge is 0.493 e. The van der Waals surface area contributed by atoms with Crippen LogP contribution in [-0.2, 0) is 16.1 Å². The van der Waals surface area contributed by atoms with Gasteiger partial charge in [-0.15, -0.1) is 0 Å². The van der Waals surface area contributed by atoms with Gasteiger partial charge in [-0.25, -0.2) is 14.2 Å². The number of rotatable bonds is 8. The zero-order valence-corrected chi connectivity index (χ0v) is 24.9. The van der Waals surface area contributed by atoms with Gasteiger partial charge in [0.25, 0.3) is 5.56 Å². The van der Waals surface area contributed by atoms with Gasteiger partial charge < -0.3 is 14.2 Å². The van der Waals surface area contributed by atoms with Crippen LogP contribution in [0.1, 0.15) is 36.1 Å². The van der Waals surface area contributed by atoms with Crippen molar-refractivity contribution in [3.05, 3.63) is 125 Å². The van der Waals surface area contributed by atoms with Crippen LogP contribution >= 0.6 is 27.3 Å². The van der Waals surface area contributed by atoms with Gasteiger partial charge >= 0.3 is 5.97 Å². The van der Waals surface area contributed by atoms with Gasteiger partial charge in [-0.05, 0) is 53.5 Å². The Labute approximate surface area is 248 Å². The van der Waals surface area contributed by atoms with Crippen molar-refractivity contribution in [2.24, 2.45) is 4.99 Å². The summed E-state index contributed by atoms with van der Waals surface area (Å²) in [5.41, 5.74) is 2.95. The number of nitrogens with zero attached hydrogens (tertiary/aromatic N) is 2. The SMILES string of the molecule is CCC1=C(C(=O)OC)[C@H](c2ccccc2)n2c(s/c(=C\c3cc(OC)c(OCc4ccc(F)cc4)cc3Br)c2=O)=N1. The lowest BCUT2D eigenvalue weighted by atomic mass is 9.95. The van der Waals surface area contributed by atoms with Crippen LogP contribution in [0.15, 0.2) is 92.3 Å². The molecule has 0 unspecified atom stereocenters. The zero-order valence-electron chi connectivity index (χ0n) is 22.5. The summed E-state index contributed by atoms with van der Waals surface area (Å²) in [5, 5.41) is 0. The van der Waals surface area contributed by atoms with Crippen molar-refractivity contribution in [2.45, 2.75) is 26.0 Å². The van der Waals surface area contributed by atoms with Crippen LogP contribution in [0.2, 0.25) is 0 Å². The van der Waals surface area contributed by atoms with Crippen molar-refractivity contribution >= 4 is 39.3 Å². The van der Waals surface area contributed by atoms with Gasteiger partial charge in [0.15, 0.2) is 16.3 Å². The Hall–Kier alpha value is -4.02. The summed E-state index contributed by atoms with van der Waals surface area (Å²) < 4.78 is 32.5. The number of carbonyl (C=O) groups is 1. The van der Waals surface area contributed by atoms with E-state index in [4.69, 9.17) is 19.2 Å². The monoisotopic (exact) mass is 636 g/mol. The van der Waals surface area contributed by atoms with Gasteiger partial charge in [0, 0.05) is 4.47 Å². The van der Waals surface area contributed by atoms with Gasteiger partial charge in [-0.1, -0.05) is 76.7 Å². The van der Waals surface area contributed by atoms with Gasteiger partial charge in [-0.2, -0.15) is 0 Å². The van der Waals surface area contributed by atoms with Crippen molar-refractivity contribution in [2.75, 3.05) is 14.2 Å². The van der Waals surface area contributed by atoms with Gasteiger partial charge in [0.05, 0.1) is 36.1 Å². The molecule has 5 rings (SSSR count). The van der Waals surface area contributed by atoms with Crippen LogP contribution in [0.3, 0.4) is 0 Å². The van der Waals surface area contributed by atoms with Crippen LogP contribution in [0, 0.1) is 5.82 Å². The minimum atomic E-state index is -0.669. The summed E-state index contributed by atoms with van der Waals surface area (Å²) in [4.78, 5) is 32.0. The highest BCUT2D eigenvalue weighted by Gasteiger charge is 2.33. The lowest BCUT2D eigenvalue weighted by Crippen LogP contribution is -2.40. The average molecular weight is 638 g/mol. The number of carbonyl (C=O) groups excluding carboxylic acids is 1. The van der Waals surface area contributed by atoms with Gasteiger partial charge in [0.1, 0.15) is 12.4 Å². The Morgan fingerprint density at radius 3 is 2.49 bits per heavy atom. The maximum absolute atomic E-state index is 13.9. The van der Waals surface area contributed by atoms with E-state index in [-0.39, 0.29) is 18.0 Å². The predicted molar refractivity (Wildman–Crippen MR) is 158 cm³/mol. The molecule has 1 aliphatic heterocycles. The second-order valence-electron chi connectivity index (χ2n) is 9.14. The predicted octanol–water partition coefficient (Wildman–Crippen LogP) is 5.29. The van der Waals surface area contributed by atoms with Crippen molar-refractivity contribution in [1.82, 2.24) is 4.57 Å². The molecule has 0 bridgehead atoms. The number of esters is 1. The summed E-state index contributed by atoms with van der Waals surface area (Å²) in [6, 6.07) is 18.3. The van der Waals surface area contributed by atoms with E-state index >= 15 is 0 Å². The number of fused-ring (bicyclic) bond motifs is 1. The molecule has 7 nitrogen and oxygen atoms in total. The Morgan fingerprint density at radius 2 is 1.83 bits per heavy atom. The fraction of sp³-hybridized carbons (Fsp3) is 0.194. The molecule has 41 heavy (non-hydrogen) atoms. The van der Waals surface area contributed by atoms with E-state index in [0.29, 0.717) is 48.6 Å². The number of thiazole rings is 1. The fourth-order valence-corrected chi connectivity index (χ4v) is 6.08. The molecular formula is C31H26BrFN2O5S. The highest BCUT2D eigenvalue weighted by atomic mass is 79.9.